The predicted octanol–water partition coefficient (Wildman–Crippen LogP) is 16.7. The molecule has 0 spiro atoms. The van der Waals surface area contributed by atoms with Crippen molar-refractivity contribution in [3.63, 3.8) is 0 Å². The Hall–Kier alpha value is -7.94. The lowest BCUT2D eigenvalue weighted by Crippen LogP contribution is -2.28. The summed E-state index contributed by atoms with van der Waals surface area (Å²) < 4.78 is 2.45. The summed E-state index contributed by atoms with van der Waals surface area (Å²) in [5, 5.41) is 1.35. The molecule has 0 saturated heterocycles. The third-order valence-electron chi connectivity index (χ3n) is 15.3. The highest BCUT2D eigenvalue weighted by Gasteiger charge is 2.47. The second-order valence-corrected chi connectivity index (χ2v) is 19.1. The largest absolute Gasteiger partial charge is 0.310 e. The lowest BCUT2D eigenvalue weighted by Gasteiger charge is -2.34. The minimum absolute atomic E-state index is 0.124. The number of benzene rings is 8. The molecule has 9 aromatic rings. The van der Waals surface area contributed by atoms with E-state index in [1.807, 2.05) is 0 Å². The van der Waals surface area contributed by atoms with Gasteiger partial charge in [-0.1, -0.05) is 190 Å². The minimum atomic E-state index is -0.508. The molecule has 4 aliphatic carbocycles. The van der Waals surface area contributed by atoms with Crippen LogP contribution in [-0.4, -0.2) is 4.57 Å². The van der Waals surface area contributed by atoms with E-state index in [2.05, 4.69) is 254 Å². The first-order valence-corrected chi connectivity index (χ1v) is 23.9. The quantitative estimate of drug-likeness (QED) is 0.155. The predicted molar refractivity (Wildman–Crippen MR) is 281 cm³/mol. The van der Waals surface area contributed by atoms with Crippen molar-refractivity contribution in [1.82, 2.24) is 4.57 Å². The van der Waals surface area contributed by atoms with Gasteiger partial charge in [-0.3, -0.25) is 0 Å². The van der Waals surface area contributed by atoms with Crippen molar-refractivity contribution < 1.29 is 0 Å². The van der Waals surface area contributed by atoms with Gasteiger partial charge in [-0.2, -0.15) is 0 Å². The van der Waals surface area contributed by atoms with Gasteiger partial charge in [0, 0.05) is 39.1 Å². The van der Waals surface area contributed by atoms with E-state index in [0.29, 0.717) is 0 Å². The molecular formula is C65H50N2. The Morgan fingerprint density at radius 1 is 0.522 bits per heavy atom. The minimum Gasteiger partial charge on any atom is -0.310 e. The van der Waals surface area contributed by atoms with E-state index in [1.54, 1.807) is 0 Å². The van der Waals surface area contributed by atoms with E-state index in [-0.39, 0.29) is 5.41 Å². The zero-order chi connectivity index (χ0) is 44.7. The molecule has 0 N–H and O–H groups in total. The molecule has 0 bridgehead atoms. The first-order chi connectivity index (χ1) is 33.0. The smallest absolute Gasteiger partial charge is 0.0714 e. The van der Waals surface area contributed by atoms with E-state index in [4.69, 9.17) is 0 Å². The molecule has 0 atom stereocenters. The second kappa shape index (κ2) is 15.3. The Morgan fingerprint density at radius 2 is 1.24 bits per heavy atom. The molecule has 2 heteroatoms. The third-order valence-corrected chi connectivity index (χ3v) is 15.3. The highest BCUT2D eigenvalue weighted by atomic mass is 15.1. The van der Waals surface area contributed by atoms with Crippen LogP contribution in [0.2, 0.25) is 0 Å². The van der Waals surface area contributed by atoms with Gasteiger partial charge in [0.05, 0.1) is 16.6 Å². The van der Waals surface area contributed by atoms with Crippen LogP contribution >= 0.6 is 0 Å². The summed E-state index contributed by atoms with van der Waals surface area (Å²) in [5.74, 6) is 0. The maximum absolute atomic E-state index is 2.53. The Labute approximate surface area is 393 Å². The Balaban J connectivity index is 1.000. The summed E-state index contributed by atoms with van der Waals surface area (Å²) in [7, 11) is 0. The maximum Gasteiger partial charge on any atom is 0.0714 e. The summed E-state index contributed by atoms with van der Waals surface area (Å²) in [6, 6.07) is 72.8. The van der Waals surface area contributed by atoms with Crippen LogP contribution in [0.15, 0.2) is 230 Å². The van der Waals surface area contributed by atoms with Gasteiger partial charge in [0.1, 0.15) is 0 Å². The molecule has 2 nitrogen and oxygen atoms in total. The molecule has 0 amide bonds. The number of nitrogens with zero attached hydrogens (tertiary/aromatic N) is 2. The summed E-state index contributed by atoms with van der Waals surface area (Å²) in [5.41, 5.74) is 23.6. The van der Waals surface area contributed by atoms with Gasteiger partial charge in [-0.25, -0.2) is 0 Å². The molecule has 4 aliphatic rings. The van der Waals surface area contributed by atoms with Gasteiger partial charge in [0.2, 0.25) is 0 Å². The van der Waals surface area contributed by atoms with Crippen LogP contribution < -0.4 is 4.90 Å². The molecule has 13 rings (SSSR count). The molecule has 0 saturated carbocycles. The summed E-state index contributed by atoms with van der Waals surface area (Å²) in [4.78, 5) is 2.53. The van der Waals surface area contributed by atoms with Crippen LogP contribution in [0.5, 0.6) is 0 Å². The SMILES string of the molecule is CC1(C)C2=C(C=CC=CC2)c2ccc(N(c3ccc(-c4cccc(-n5c6c(c7ccccc75)CCC=C6)c4)cc3)c3cccc4c3-c3ccccc3C4(c3ccccc3)c3ccccc3)cc21. The van der Waals surface area contributed by atoms with E-state index >= 15 is 0 Å². The fourth-order valence-corrected chi connectivity index (χ4v) is 12.2. The second-order valence-electron chi connectivity index (χ2n) is 19.1. The molecule has 1 aromatic heterocycles. The molecule has 8 aromatic carbocycles. The fourth-order valence-electron chi connectivity index (χ4n) is 12.2. The van der Waals surface area contributed by atoms with E-state index in [0.717, 1.165) is 30.6 Å². The Bertz CT molecular complexity index is 3520. The topological polar surface area (TPSA) is 8.17 Å². The number of hydrogen-bond acceptors (Lipinski definition) is 1. The molecule has 1 heterocycles. The number of aryl methyl sites for hydroxylation is 1. The molecule has 0 aliphatic heterocycles. The molecule has 67 heavy (non-hydrogen) atoms. The van der Waals surface area contributed by atoms with Crippen molar-refractivity contribution in [3.05, 3.63) is 275 Å². The van der Waals surface area contributed by atoms with Gasteiger partial charge in [0.25, 0.3) is 0 Å². The van der Waals surface area contributed by atoms with Crippen LogP contribution in [0.3, 0.4) is 0 Å². The number of anilines is 3. The maximum atomic E-state index is 2.53. The molecular weight excluding hydrogens is 809 g/mol. The average Bonchev–Trinajstić information content (AvgIpc) is 3.85. The molecule has 320 valence electrons. The van der Waals surface area contributed by atoms with E-state index < -0.39 is 5.41 Å². The number of rotatable bonds is 7. The number of para-hydroxylation sites is 1. The standard InChI is InChI=1S/C65H50N2/c1-64(2)56-30-11-5-10-26-51(56)52-41-40-50(43-59(52)64)66(48-38-36-44(37-39-48)45-20-18-25-49(42-45)67-60-33-16-13-27-53(60)54-28-14-17-34-61(54)67)62-35-19-32-58-63(62)55-29-12-15-31-57(55)65(58,46-21-6-3-7-22-46)47-23-8-4-9-24-47/h3-13,15-27,29,31-43H,14,28,30H2,1-2H3. The van der Waals surface area contributed by atoms with Gasteiger partial charge in [-0.05, 0) is 141 Å². The highest BCUT2D eigenvalue weighted by molar-refractivity contribution is 5.98. The first-order valence-electron chi connectivity index (χ1n) is 23.9. The zero-order valence-electron chi connectivity index (χ0n) is 38.0. The highest BCUT2D eigenvalue weighted by Crippen LogP contribution is 2.60. The van der Waals surface area contributed by atoms with Crippen LogP contribution in [0.1, 0.15) is 71.3 Å². The van der Waals surface area contributed by atoms with Crippen molar-refractivity contribution in [2.45, 2.75) is 43.9 Å². The lowest BCUT2D eigenvalue weighted by atomic mass is 9.68. The van der Waals surface area contributed by atoms with E-state index in [1.165, 1.54) is 100 Å². The third kappa shape index (κ3) is 5.89. The number of hydrogen-bond donors (Lipinski definition) is 0. The lowest BCUT2D eigenvalue weighted by molar-refractivity contribution is 0.626. The first kappa shape index (κ1) is 39.4. The fraction of sp³-hybridized carbons (Fsp3) is 0.108. The van der Waals surface area contributed by atoms with Crippen molar-refractivity contribution in [1.29, 1.82) is 0 Å². The number of aromatic nitrogens is 1. The number of allylic oxidation sites excluding steroid dienone is 7. The van der Waals surface area contributed by atoms with Crippen LogP contribution in [-0.2, 0) is 17.3 Å². The number of fused-ring (bicyclic) bond motifs is 8. The van der Waals surface area contributed by atoms with Crippen molar-refractivity contribution in [3.8, 4) is 27.9 Å². The van der Waals surface area contributed by atoms with Crippen molar-refractivity contribution in [2.75, 3.05) is 4.90 Å². The zero-order valence-corrected chi connectivity index (χ0v) is 38.0. The average molecular weight is 859 g/mol. The molecule has 0 radical (unpaired) electrons. The summed E-state index contributed by atoms with van der Waals surface area (Å²) >= 11 is 0. The van der Waals surface area contributed by atoms with Crippen LogP contribution in [0.25, 0.3) is 50.5 Å². The van der Waals surface area contributed by atoms with Crippen LogP contribution in [0, 0.1) is 0 Å². The van der Waals surface area contributed by atoms with Gasteiger partial charge in [0.15, 0.2) is 0 Å². The Morgan fingerprint density at radius 3 is 2.06 bits per heavy atom. The van der Waals surface area contributed by atoms with E-state index in [9.17, 15) is 0 Å². The van der Waals surface area contributed by atoms with Gasteiger partial charge >= 0.3 is 0 Å². The monoisotopic (exact) mass is 858 g/mol. The van der Waals surface area contributed by atoms with Gasteiger partial charge in [-0.15, -0.1) is 0 Å². The summed E-state index contributed by atoms with van der Waals surface area (Å²) in [6.07, 6.45) is 16.8. The summed E-state index contributed by atoms with van der Waals surface area (Å²) in [6.45, 7) is 4.82. The van der Waals surface area contributed by atoms with Crippen molar-refractivity contribution in [2.24, 2.45) is 0 Å². The normalized spacial score (nSPS) is 15.7. The van der Waals surface area contributed by atoms with Gasteiger partial charge < -0.3 is 9.47 Å². The molecule has 0 fully saturated rings. The molecule has 0 unspecified atom stereocenters. The Kier molecular flexibility index (Phi) is 9.02. The van der Waals surface area contributed by atoms with Crippen molar-refractivity contribution >= 4 is 39.6 Å². The van der Waals surface area contributed by atoms with Crippen LogP contribution in [0.4, 0.5) is 17.1 Å².